The van der Waals surface area contributed by atoms with Crippen LogP contribution in [0.5, 0.6) is 5.75 Å². The summed E-state index contributed by atoms with van der Waals surface area (Å²) >= 11 is 11.8. The molecule has 1 N–H and O–H groups in total. The van der Waals surface area contributed by atoms with E-state index in [4.69, 9.17) is 31.6 Å². The molecule has 0 spiro atoms. The molecule has 0 aromatic heterocycles. The normalized spacial score (nSPS) is 12.0. The monoisotopic (exact) mass is 560 g/mol. The Hall–Kier alpha value is -1.60. The molecular weight excluding hydrogens is 539 g/mol. The van der Waals surface area contributed by atoms with E-state index in [1.54, 1.807) is 35.4 Å². The highest BCUT2D eigenvalue weighted by Crippen LogP contribution is 2.35. The molecule has 0 heterocycles. The van der Waals surface area contributed by atoms with E-state index in [0.717, 1.165) is 18.1 Å². The van der Waals surface area contributed by atoms with E-state index < -0.39 is 20.2 Å². The number of aliphatic imine (C=N–C) groups is 1. The number of rotatable bonds is 11. The first-order valence-corrected chi connectivity index (χ1v) is 13.5. The quantitative estimate of drug-likeness (QED) is 0.326. The molecule has 0 radical (unpaired) electrons. The van der Waals surface area contributed by atoms with Gasteiger partial charge in [0.25, 0.3) is 20.2 Å². The summed E-state index contributed by atoms with van der Waals surface area (Å²) in [5.74, 6) is -0.212. The highest BCUT2D eigenvalue weighted by atomic mass is 35.5. The van der Waals surface area contributed by atoms with Gasteiger partial charge in [-0.2, -0.15) is 16.8 Å². The molecule has 0 atom stereocenters. The number of phenolic OH excluding ortho intramolecular Hbond substituents is 1. The summed E-state index contributed by atoms with van der Waals surface area (Å²) in [5, 5.41) is 9.78. The Kier molecular flexibility index (Phi) is 11.4. The topological polar surface area (TPSA) is 123 Å². The first-order chi connectivity index (χ1) is 14.8. The van der Waals surface area contributed by atoms with E-state index in [1.807, 2.05) is 0 Å². The second kappa shape index (κ2) is 12.7. The molecule has 184 valence electrons. The Bertz CT molecular complexity index is 1110. The number of benzene rings is 2. The summed E-state index contributed by atoms with van der Waals surface area (Å²) in [6.07, 6.45) is 3.48. The fourth-order valence-corrected chi connectivity index (χ4v) is 3.74. The fourth-order valence-electron chi connectivity index (χ4n) is 2.51. The van der Waals surface area contributed by atoms with Crippen molar-refractivity contribution in [1.29, 1.82) is 0 Å². The van der Waals surface area contributed by atoms with Crippen LogP contribution in [0, 0.1) is 0 Å². The second-order valence-corrected chi connectivity index (χ2v) is 10.7. The lowest BCUT2D eigenvalue weighted by atomic mass is 10.2. The van der Waals surface area contributed by atoms with Crippen LogP contribution in [0.3, 0.4) is 0 Å². The maximum atomic E-state index is 11.2. The van der Waals surface area contributed by atoms with Crippen LogP contribution in [0.4, 0.5) is 11.4 Å². The zero-order chi connectivity index (χ0) is 23.9. The molecule has 33 heavy (non-hydrogen) atoms. The van der Waals surface area contributed by atoms with Gasteiger partial charge in [-0.3, -0.25) is 13.4 Å². The molecule has 0 saturated heterocycles. The summed E-state index contributed by atoms with van der Waals surface area (Å²) in [6.45, 7) is 0.169. The van der Waals surface area contributed by atoms with E-state index in [-0.39, 0.29) is 54.5 Å². The maximum Gasteiger partial charge on any atom is 0.264 e. The summed E-state index contributed by atoms with van der Waals surface area (Å²) in [7, 11) is -7.20. The van der Waals surface area contributed by atoms with Crippen molar-refractivity contribution in [3.63, 3.8) is 0 Å². The van der Waals surface area contributed by atoms with Gasteiger partial charge < -0.3 is 10.0 Å². The highest BCUT2D eigenvalue weighted by Gasteiger charge is 2.11. The number of anilines is 1. The van der Waals surface area contributed by atoms with Gasteiger partial charge in [0.15, 0.2) is 5.75 Å². The minimum absolute atomic E-state index is 0. The van der Waals surface area contributed by atoms with Crippen molar-refractivity contribution >= 4 is 73.4 Å². The third-order valence-corrected chi connectivity index (χ3v) is 5.71. The van der Waals surface area contributed by atoms with E-state index in [0.29, 0.717) is 11.4 Å². The van der Waals surface area contributed by atoms with Crippen LogP contribution in [-0.4, -0.2) is 67.0 Å². The lowest BCUT2D eigenvalue weighted by Crippen LogP contribution is -2.32. The van der Waals surface area contributed by atoms with Crippen molar-refractivity contribution in [1.82, 2.24) is 0 Å². The van der Waals surface area contributed by atoms with E-state index in [2.05, 4.69) is 4.99 Å². The molecule has 0 saturated carbocycles. The zero-order valence-corrected chi connectivity index (χ0v) is 21.6. The number of nitrogens with zero attached hydrogens (tertiary/aromatic N) is 2. The van der Waals surface area contributed by atoms with Gasteiger partial charge in [-0.25, -0.2) is 0 Å². The largest absolute Gasteiger partial charge is 0.505 e. The Balaban J connectivity index is 0.00000544. The molecule has 9 nitrogen and oxygen atoms in total. The molecule has 0 aliphatic heterocycles. The SMILES string of the molecule is CS(=O)(=O)OCCN(CCOS(C)(=O)=O)c1ccc(C=Nc2cc(Cl)c(O)c(Cl)c2)cc1.Cl. The van der Waals surface area contributed by atoms with Gasteiger partial charge >= 0.3 is 0 Å². The summed E-state index contributed by atoms with van der Waals surface area (Å²) in [5.41, 5.74) is 1.90. The van der Waals surface area contributed by atoms with E-state index >= 15 is 0 Å². The van der Waals surface area contributed by atoms with Crippen LogP contribution in [-0.2, 0) is 28.6 Å². The standard InChI is InChI=1S/C19H22Cl2N2O7S2.ClH/c1-31(25,26)29-9-7-23(8-10-30-32(2,27)28)16-5-3-14(4-6-16)13-22-15-11-17(20)19(24)18(21)12-15;/h3-6,11-13,24H,7-10H2,1-2H3;1H. The molecule has 0 fully saturated rings. The average Bonchev–Trinajstić information content (AvgIpc) is 2.68. The molecule has 14 heteroatoms. The molecular formula is C19H23Cl3N2O7S2. The lowest BCUT2D eigenvalue weighted by molar-refractivity contribution is 0.309. The lowest BCUT2D eigenvalue weighted by Gasteiger charge is -2.24. The van der Waals surface area contributed by atoms with Crippen LogP contribution >= 0.6 is 35.6 Å². The average molecular weight is 562 g/mol. The van der Waals surface area contributed by atoms with Crippen molar-refractivity contribution in [3.8, 4) is 5.75 Å². The van der Waals surface area contributed by atoms with Crippen molar-refractivity contribution < 1.29 is 30.3 Å². The van der Waals surface area contributed by atoms with Gasteiger partial charge in [0.1, 0.15) is 0 Å². The van der Waals surface area contributed by atoms with Gasteiger partial charge in [0.05, 0.1) is 41.5 Å². The minimum atomic E-state index is -3.60. The second-order valence-electron chi connectivity index (χ2n) is 6.65. The van der Waals surface area contributed by atoms with Crippen LogP contribution in [0.2, 0.25) is 10.0 Å². The van der Waals surface area contributed by atoms with Crippen molar-refractivity contribution in [2.24, 2.45) is 4.99 Å². The van der Waals surface area contributed by atoms with Gasteiger partial charge in [0, 0.05) is 25.0 Å². The Morgan fingerprint density at radius 2 is 1.39 bits per heavy atom. The predicted octanol–water partition coefficient (Wildman–Crippen LogP) is 3.63. The smallest absolute Gasteiger partial charge is 0.264 e. The fraction of sp³-hybridized carbons (Fsp3) is 0.316. The summed E-state index contributed by atoms with van der Waals surface area (Å²) in [4.78, 5) is 6.01. The first kappa shape index (κ1) is 29.4. The van der Waals surface area contributed by atoms with Crippen LogP contribution < -0.4 is 4.90 Å². The molecule has 0 aliphatic carbocycles. The van der Waals surface area contributed by atoms with Gasteiger partial charge in [-0.15, -0.1) is 12.4 Å². The number of hydrogen-bond donors (Lipinski definition) is 1. The Morgan fingerprint density at radius 1 is 0.939 bits per heavy atom. The molecule has 0 aliphatic rings. The molecule has 0 bridgehead atoms. The zero-order valence-electron chi connectivity index (χ0n) is 17.6. The van der Waals surface area contributed by atoms with E-state index in [9.17, 15) is 21.9 Å². The number of phenols is 1. The third-order valence-electron chi connectivity index (χ3n) is 3.94. The number of hydrogen-bond acceptors (Lipinski definition) is 9. The third kappa shape index (κ3) is 10.9. The van der Waals surface area contributed by atoms with Crippen LogP contribution in [0.1, 0.15) is 5.56 Å². The predicted molar refractivity (Wildman–Crippen MR) is 133 cm³/mol. The molecule has 0 unspecified atom stereocenters. The molecule has 2 rings (SSSR count). The number of aromatic hydroxyl groups is 1. The number of halogens is 3. The summed E-state index contributed by atoms with van der Waals surface area (Å²) in [6, 6.07) is 10.0. The van der Waals surface area contributed by atoms with Crippen LogP contribution in [0.15, 0.2) is 41.4 Å². The summed E-state index contributed by atoms with van der Waals surface area (Å²) < 4.78 is 54.4. The molecule has 0 amide bonds. The molecule has 2 aromatic carbocycles. The highest BCUT2D eigenvalue weighted by molar-refractivity contribution is 7.86. The van der Waals surface area contributed by atoms with Crippen LogP contribution in [0.25, 0.3) is 0 Å². The van der Waals surface area contributed by atoms with Gasteiger partial charge in [-0.1, -0.05) is 35.3 Å². The Labute approximate surface area is 209 Å². The van der Waals surface area contributed by atoms with Crippen molar-refractivity contribution in [3.05, 3.63) is 52.0 Å². The first-order valence-electron chi connectivity index (χ1n) is 9.10. The van der Waals surface area contributed by atoms with Gasteiger partial charge in [0.2, 0.25) is 0 Å². The Morgan fingerprint density at radius 3 is 1.82 bits per heavy atom. The van der Waals surface area contributed by atoms with Crippen molar-refractivity contribution in [2.45, 2.75) is 0 Å². The molecule has 2 aromatic rings. The maximum absolute atomic E-state index is 11.2. The van der Waals surface area contributed by atoms with Gasteiger partial charge in [-0.05, 0) is 29.8 Å². The van der Waals surface area contributed by atoms with E-state index in [1.165, 1.54) is 12.1 Å². The minimum Gasteiger partial charge on any atom is -0.505 e. The van der Waals surface area contributed by atoms with Crippen molar-refractivity contribution in [2.75, 3.05) is 43.7 Å².